The quantitative estimate of drug-likeness (QED) is 0.847. The molecule has 1 aromatic heterocycles. The highest BCUT2D eigenvalue weighted by atomic mass is 35.5. The van der Waals surface area contributed by atoms with E-state index in [1.807, 2.05) is 13.1 Å². The molecule has 0 aromatic carbocycles. The van der Waals surface area contributed by atoms with Crippen molar-refractivity contribution in [3.8, 4) is 0 Å². The van der Waals surface area contributed by atoms with Gasteiger partial charge in [0.2, 0.25) is 0 Å². The Bertz CT molecular complexity index is 320. The molecule has 0 aliphatic heterocycles. The molecule has 0 bridgehead atoms. The van der Waals surface area contributed by atoms with Gasteiger partial charge in [-0.25, -0.2) is 0 Å². The zero-order valence-electron chi connectivity index (χ0n) is 8.02. The monoisotopic (exact) mass is 249 g/mol. The highest BCUT2D eigenvalue weighted by molar-refractivity contribution is 7.20. The van der Waals surface area contributed by atoms with Gasteiger partial charge in [0, 0.05) is 11.6 Å². The number of hydrogen-bond acceptors (Lipinski definition) is 2. The topological polar surface area (TPSA) is 12.0 Å². The minimum atomic E-state index is 0.374. The fourth-order valence-electron chi connectivity index (χ4n) is 1.68. The molecule has 0 saturated heterocycles. The Hall–Kier alpha value is 0.240. The minimum Gasteiger partial charge on any atom is -0.313 e. The van der Waals surface area contributed by atoms with Crippen molar-refractivity contribution >= 4 is 34.5 Å². The fraction of sp³-hybridized carbons (Fsp3) is 0.600. The van der Waals surface area contributed by atoms with E-state index in [2.05, 4.69) is 5.32 Å². The van der Waals surface area contributed by atoms with Crippen LogP contribution in [-0.2, 0) is 0 Å². The highest BCUT2D eigenvalue weighted by Crippen LogP contribution is 2.41. The predicted molar refractivity (Wildman–Crippen MR) is 63.5 cm³/mol. The van der Waals surface area contributed by atoms with Gasteiger partial charge in [-0.15, -0.1) is 11.3 Å². The second kappa shape index (κ2) is 4.40. The van der Waals surface area contributed by atoms with E-state index in [4.69, 9.17) is 23.2 Å². The fourth-order valence-corrected chi connectivity index (χ4v) is 3.26. The molecule has 1 aliphatic rings. The highest BCUT2D eigenvalue weighted by Gasteiger charge is 2.27. The summed E-state index contributed by atoms with van der Waals surface area (Å²) in [6, 6.07) is 2.36. The van der Waals surface area contributed by atoms with Crippen LogP contribution in [0.2, 0.25) is 8.67 Å². The van der Waals surface area contributed by atoms with E-state index in [1.165, 1.54) is 30.6 Å². The first-order valence-corrected chi connectivity index (χ1v) is 6.40. The maximum Gasteiger partial charge on any atom is 0.0991 e. The van der Waals surface area contributed by atoms with E-state index in [0.29, 0.717) is 6.04 Å². The molecule has 0 amide bonds. The van der Waals surface area contributed by atoms with Gasteiger partial charge in [-0.2, -0.15) is 0 Å². The van der Waals surface area contributed by atoms with Crippen molar-refractivity contribution in [3.63, 3.8) is 0 Å². The van der Waals surface area contributed by atoms with Gasteiger partial charge in [0.05, 0.1) is 8.67 Å². The Morgan fingerprint density at radius 2 is 2.29 bits per heavy atom. The number of rotatable bonds is 4. The third-order valence-corrected chi connectivity index (χ3v) is 4.19. The Morgan fingerprint density at radius 3 is 2.71 bits per heavy atom. The number of halogens is 2. The SMILES string of the molecule is CNC(CC1CC1)c1cc(Cl)sc1Cl. The van der Waals surface area contributed by atoms with Crippen molar-refractivity contribution in [1.29, 1.82) is 0 Å². The summed E-state index contributed by atoms with van der Waals surface area (Å²) >= 11 is 13.5. The van der Waals surface area contributed by atoms with Gasteiger partial charge in [-0.3, -0.25) is 0 Å². The lowest BCUT2D eigenvalue weighted by Crippen LogP contribution is -2.16. The summed E-state index contributed by atoms with van der Waals surface area (Å²) in [5.74, 6) is 0.891. The Morgan fingerprint density at radius 1 is 1.57 bits per heavy atom. The van der Waals surface area contributed by atoms with Gasteiger partial charge in [0.25, 0.3) is 0 Å². The van der Waals surface area contributed by atoms with Crippen LogP contribution in [0, 0.1) is 5.92 Å². The zero-order valence-corrected chi connectivity index (χ0v) is 10.3. The van der Waals surface area contributed by atoms with E-state index in [-0.39, 0.29) is 0 Å². The molecule has 0 spiro atoms. The van der Waals surface area contributed by atoms with Gasteiger partial charge in [0.15, 0.2) is 0 Å². The van der Waals surface area contributed by atoms with Crippen molar-refractivity contribution in [2.24, 2.45) is 5.92 Å². The van der Waals surface area contributed by atoms with Crippen LogP contribution in [0.15, 0.2) is 6.07 Å². The van der Waals surface area contributed by atoms with Crippen molar-refractivity contribution in [2.45, 2.75) is 25.3 Å². The summed E-state index contributed by atoms with van der Waals surface area (Å²) in [7, 11) is 1.98. The third-order valence-electron chi connectivity index (χ3n) is 2.67. The molecule has 1 N–H and O–H groups in total. The van der Waals surface area contributed by atoms with Crippen LogP contribution in [-0.4, -0.2) is 7.05 Å². The maximum atomic E-state index is 6.12. The third kappa shape index (κ3) is 2.43. The maximum absolute atomic E-state index is 6.12. The summed E-state index contributed by atoms with van der Waals surface area (Å²) in [5, 5.41) is 3.31. The van der Waals surface area contributed by atoms with Gasteiger partial charge in [0.1, 0.15) is 0 Å². The molecule has 1 saturated carbocycles. The minimum absolute atomic E-state index is 0.374. The molecule has 4 heteroatoms. The average molecular weight is 250 g/mol. The summed E-state index contributed by atoms with van der Waals surface area (Å²) in [6.45, 7) is 0. The van der Waals surface area contributed by atoms with Gasteiger partial charge < -0.3 is 5.32 Å². The van der Waals surface area contributed by atoms with E-state index < -0.39 is 0 Å². The first-order valence-electron chi connectivity index (χ1n) is 4.82. The van der Waals surface area contributed by atoms with Crippen LogP contribution in [0.4, 0.5) is 0 Å². The molecule has 1 unspecified atom stereocenters. The molecule has 2 rings (SSSR count). The van der Waals surface area contributed by atoms with Crippen molar-refractivity contribution < 1.29 is 0 Å². The lowest BCUT2D eigenvalue weighted by atomic mass is 10.0. The molecular weight excluding hydrogens is 237 g/mol. The first kappa shape index (κ1) is 10.7. The van der Waals surface area contributed by atoms with E-state index in [9.17, 15) is 0 Å². The summed E-state index contributed by atoms with van der Waals surface area (Å²) in [6.07, 6.45) is 3.92. The standard InChI is InChI=1S/C10H13Cl2NS/c1-13-8(4-6-2-3-6)7-5-9(11)14-10(7)12/h5-6,8,13H,2-4H2,1H3. The average Bonchev–Trinajstić information content (AvgIpc) is 2.89. The van der Waals surface area contributed by atoms with Crippen LogP contribution in [0.25, 0.3) is 0 Å². The second-order valence-electron chi connectivity index (χ2n) is 3.80. The zero-order chi connectivity index (χ0) is 10.1. The molecule has 1 heterocycles. The molecule has 0 radical (unpaired) electrons. The molecule has 1 fully saturated rings. The summed E-state index contributed by atoms with van der Waals surface area (Å²) in [4.78, 5) is 0. The lowest BCUT2D eigenvalue weighted by molar-refractivity contribution is 0.516. The van der Waals surface area contributed by atoms with Crippen molar-refractivity contribution in [1.82, 2.24) is 5.32 Å². The van der Waals surface area contributed by atoms with Crippen LogP contribution >= 0.6 is 34.5 Å². The Labute approximate surface area is 98.4 Å². The van der Waals surface area contributed by atoms with Gasteiger partial charge >= 0.3 is 0 Å². The molecule has 14 heavy (non-hydrogen) atoms. The number of hydrogen-bond donors (Lipinski definition) is 1. The second-order valence-corrected chi connectivity index (χ2v) is 6.09. The summed E-state index contributed by atoms with van der Waals surface area (Å²) < 4.78 is 1.61. The number of nitrogens with one attached hydrogen (secondary N) is 1. The van der Waals surface area contributed by atoms with Gasteiger partial charge in [-0.1, -0.05) is 36.0 Å². The van der Waals surface area contributed by atoms with E-state index in [0.717, 1.165) is 20.2 Å². The van der Waals surface area contributed by atoms with Crippen LogP contribution in [0.5, 0.6) is 0 Å². The molecular formula is C10H13Cl2NS. The molecule has 78 valence electrons. The smallest absolute Gasteiger partial charge is 0.0991 e. The normalized spacial score (nSPS) is 18.5. The Kier molecular flexibility index (Phi) is 3.38. The van der Waals surface area contributed by atoms with Crippen LogP contribution in [0.1, 0.15) is 30.9 Å². The predicted octanol–water partition coefficient (Wildman–Crippen LogP) is 4.12. The molecule has 1 atom stereocenters. The van der Waals surface area contributed by atoms with E-state index in [1.54, 1.807) is 0 Å². The van der Waals surface area contributed by atoms with Gasteiger partial charge in [-0.05, 0) is 25.5 Å². The van der Waals surface area contributed by atoms with E-state index >= 15 is 0 Å². The lowest BCUT2D eigenvalue weighted by Gasteiger charge is -2.14. The Balaban J connectivity index is 2.12. The van der Waals surface area contributed by atoms with Crippen molar-refractivity contribution in [2.75, 3.05) is 7.05 Å². The largest absolute Gasteiger partial charge is 0.313 e. The number of thiophene rings is 1. The first-order chi connectivity index (χ1) is 6.70. The molecule has 1 aromatic rings. The van der Waals surface area contributed by atoms with Crippen molar-refractivity contribution in [3.05, 3.63) is 20.3 Å². The van der Waals surface area contributed by atoms with Crippen LogP contribution < -0.4 is 5.32 Å². The summed E-state index contributed by atoms with van der Waals surface area (Å²) in [5.41, 5.74) is 1.16. The molecule has 1 nitrogen and oxygen atoms in total. The van der Waals surface area contributed by atoms with Crippen LogP contribution in [0.3, 0.4) is 0 Å². The molecule has 1 aliphatic carbocycles.